The maximum absolute atomic E-state index is 13.6. The third kappa shape index (κ3) is 5.83. The van der Waals surface area contributed by atoms with E-state index in [0.29, 0.717) is 42.4 Å². The highest BCUT2D eigenvalue weighted by Gasteiger charge is 2.26. The van der Waals surface area contributed by atoms with Gasteiger partial charge in [-0.25, -0.2) is 14.8 Å². The van der Waals surface area contributed by atoms with Crippen LogP contribution in [0.5, 0.6) is 0 Å². The van der Waals surface area contributed by atoms with E-state index in [0.717, 1.165) is 5.69 Å². The van der Waals surface area contributed by atoms with Crippen LogP contribution >= 0.6 is 11.3 Å². The topological polar surface area (TPSA) is 186 Å². The van der Waals surface area contributed by atoms with Crippen LogP contribution in [0.3, 0.4) is 0 Å². The number of primary amides is 1. The zero-order valence-electron chi connectivity index (χ0n) is 22.1. The molecule has 1 aliphatic rings. The Morgan fingerprint density at radius 2 is 2.10 bits per heavy atom. The lowest BCUT2D eigenvalue weighted by molar-refractivity contribution is 0.0963. The van der Waals surface area contributed by atoms with Gasteiger partial charge in [-0.05, 0) is 42.3 Å². The summed E-state index contributed by atoms with van der Waals surface area (Å²) in [6.45, 7) is 7.02. The zero-order chi connectivity index (χ0) is 28.4. The van der Waals surface area contributed by atoms with Crippen LogP contribution in [-0.2, 0) is 10.2 Å². The van der Waals surface area contributed by atoms with Gasteiger partial charge in [0.2, 0.25) is 0 Å². The molecule has 0 radical (unpaired) electrons. The van der Waals surface area contributed by atoms with Crippen molar-refractivity contribution >= 4 is 52.1 Å². The standard InChI is InChI=1S/C25H28N10O4S/c1-25(2,3)17-13-40-24(27-17)29-21(36)14-8-10-35-19(11-14)28-20(34-9-4-5-15(12-34)39-23(26)38)16(22(35)37)6-7-18-30-32-33-31-18/h6-8,10-11,13,15H,4-5,9,12H2,1-3H3,(H2,26,38)(H,27,29,36)(H,30,31,32,33)/b7-6+/t15-/m0/s1. The van der Waals surface area contributed by atoms with Crippen molar-refractivity contribution in [2.24, 2.45) is 5.73 Å². The van der Waals surface area contributed by atoms with Gasteiger partial charge in [0.05, 0.1) is 17.8 Å². The predicted octanol–water partition coefficient (Wildman–Crippen LogP) is 2.45. The first-order valence-corrected chi connectivity index (χ1v) is 13.4. The molecule has 4 aromatic heterocycles. The fraction of sp³-hybridized carbons (Fsp3) is 0.360. The van der Waals surface area contributed by atoms with Crippen LogP contribution in [0.15, 0.2) is 28.5 Å². The van der Waals surface area contributed by atoms with Gasteiger partial charge >= 0.3 is 6.09 Å². The summed E-state index contributed by atoms with van der Waals surface area (Å²) in [7, 11) is 0. The molecule has 0 aliphatic carbocycles. The number of nitrogens with one attached hydrogen (secondary N) is 2. The fourth-order valence-electron chi connectivity index (χ4n) is 4.30. The predicted molar refractivity (Wildman–Crippen MR) is 149 cm³/mol. The lowest BCUT2D eigenvalue weighted by Crippen LogP contribution is -2.43. The Morgan fingerprint density at radius 1 is 1.27 bits per heavy atom. The van der Waals surface area contributed by atoms with Crippen LogP contribution in [0.1, 0.15) is 61.1 Å². The number of amides is 2. The van der Waals surface area contributed by atoms with Gasteiger partial charge in [0, 0.05) is 29.1 Å². The van der Waals surface area contributed by atoms with Crippen molar-refractivity contribution < 1.29 is 14.3 Å². The van der Waals surface area contributed by atoms with E-state index >= 15 is 0 Å². The maximum atomic E-state index is 13.6. The molecule has 5 heterocycles. The molecule has 1 fully saturated rings. The number of H-pyrrole nitrogens is 1. The van der Waals surface area contributed by atoms with E-state index in [2.05, 4.69) is 30.9 Å². The largest absolute Gasteiger partial charge is 0.445 e. The van der Waals surface area contributed by atoms with Crippen molar-refractivity contribution in [3.63, 3.8) is 0 Å². The van der Waals surface area contributed by atoms with Crippen molar-refractivity contribution in [1.29, 1.82) is 0 Å². The van der Waals surface area contributed by atoms with Crippen LogP contribution in [0.2, 0.25) is 0 Å². The number of rotatable bonds is 6. The smallest absolute Gasteiger partial charge is 0.404 e. The molecule has 1 atom stereocenters. The molecule has 5 rings (SSSR count). The van der Waals surface area contributed by atoms with Gasteiger partial charge in [0.25, 0.3) is 11.5 Å². The third-order valence-electron chi connectivity index (χ3n) is 6.32. The molecule has 15 heteroatoms. The van der Waals surface area contributed by atoms with Crippen LogP contribution in [0.25, 0.3) is 17.8 Å². The average Bonchev–Trinajstić information content (AvgIpc) is 3.60. The van der Waals surface area contributed by atoms with Gasteiger partial charge in [-0.15, -0.1) is 21.5 Å². The Morgan fingerprint density at radius 3 is 2.80 bits per heavy atom. The molecule has 0 unspecified atom stereocenters. The molecule has 1 saturated heterocycles. The SMILES string of the molecule is CC(C)(C)c1csc(NC(=O)c2ccn3c(=O)c(/C=C/c4nn[nH]n4)c(N4CCC[C@H](OC(N)=O)C4)nc3c2)n1. The molecular formula is C25H28N10O4S. The van der Waals surface area contributed by atoms with Gasteiger partial charge in [-0.1, -0.05) is 20.8 Å². The molecule has 0 spiro atoms. The van der Waals surface area contributed by atoms with Gasteiger partial charge in [0.1, 0.15) is 17.6 Å². The molecule has 2 amide bonds. The minimum atomic E-state index is -0.860. The number of tetrazole rings is 1. The van der Waals surface area contributed by atoms with Crippen molar-refractivity contribution in [3.05, 3.63) is 56.7 Å². The first-order chi connectivity index (χ1) is 19.1. The Hall–Kier alpha value is -4.66. The lowest BCUT2D eigenvalue weighted by atomic mass is 9.93. The van der Waals surface area contributed by atoms with Crippen molar-refractivity contribution in [3.8, 4) is 0 Å². The number of nitrogens with two attached hydrogens (primary N) is 1. The number of carbonyl (C=O) groups excluding carboxylic acids is 2. The Kier molecular flexibility index (Phi) is 7.30. The first kappa shape index (κ1) is 26.9. The molecule has 0 bridgehead atoms. The molecule has 14 nitrogen and oxygen atoms in total. The quantitative estimate of drug-likeness (QED) is 0.314. The van der Waals surface area contributed by atoms with Gasteiger partial charge < -0.3 is 15.4 Å². The van der Waals surface area contributed by atoms with E-state index in [-0.39, 0.29) is 33.9 Å². The summed E-state index contributed by atoms with van der Waals surface area (Å²) in [5, 5.41) is 18.9. The summed E-state index contributed by atoms with van der Waals surface area (Å²) in [6, 6.07) is 3.10. The van der Waals surface area contributed by atoms with E-state index in [1.807, 2.05) is 31.1 Å². The monoisotopic (exact) mass is 564 g/mol. The molecule has 1 aliphatic heterocycles. The van der Waals surface area contributed by atoms with E-state index in [9.17, 15) is 14.4 Å². The van der Waals surface area contributed by atoms with Crippen molar-refractivity contribution in [2.45, 2.75) is 45.1 Å². The third-order valence-corrected chi connectivity index (χ3v) is 7.08. The fourth-order valence-corrected chi connectivity index (χ4v) is 5.23. The van der Waals surface area contributed by atoms with E-state index in [1.165, 1.54) is 21.9 Å². The molecule has 0 saturated carbocycles. The van der Waals surface area contributed by atoms with Crippen LogP contribution in [0, 0.1) is 0 Å². The highest BCUT2D eigenvalue weighted by atomic mass is 32.1. The number of piperidine rings is 1. The normalized spacial score (nSPS) is 16.0. The summed E-state index contributed by atoms with van der Waals surface area (Å²) in [5.41, 5.74) is 6.48. The Balaban J connectivity index is 1.51. The Bertz CT molecular complexity index is 1640. The first-order valence-electron chi connectivity index (χ1n) is 12.5. The van der Waals surface area contributed by atoms with E-state index < -0.39 is 12.2 Å². The second kappa shape index (κ2) is 10.8. The van der Waals surface area contributed by atoms with Crippen molar-refractivity contribution in [2.75, 3.05) is 23.3 Å². The highest BCUT2D eigenvalue weighted by molar-refractivity contribution is 7.14. The number of aromatic amines is 1. The number of thiazole rings is 1. The number of pyridine rings is 1. The summed E-state index contributed by atoms with van der Waals surface area (Å²) < 4.78 is 6.59. The van der Waals surface area contributed by atoms with Crippen LogP contribution in [-0.4, -0.2) is 66.2 Å². The number of ether oxygens (including phenoxy) is 1. The number of aromatic nitrogens is 7. The number of nitrogens with zero attached hydrogens (tertiary/aromatic N) is 7. The zero-order valence-corrected chi connectivity index (χ0v) is 22.9. The second-order valence-corrected chi connectivity index (χ2v) is 11.1. The Labute approximate surface area is 232 Å². The van der Waals surface area contributed by atoms with Crippen molar-refractivity contribution in [1.82, 2.24) is 35.0 Å². The van der Waals surface area contributed by atoms with Gasteiger partial charge in [-0.2, -0.15) is 5.21 Å². The number of fused-ring (bicyclic) bond motifs is 1. The van der Waals surface area contributed by atoms with Gasteiger partial charge in [-0.3, -0.25) is 19.3 Å². The lowest BCUT2D eigenvalue weighted by Gasteiger charge is -2.33. The highest BCUT2D eigenvalue weighted by Crippen LogP contribution is 2.27. The van der Waals surface area contributed by atoms with Crippen LogP contribution < -0.4 is 21.5 Å². The minimum absolute atomic E-state index is 0.143. The summed E-state index contributed by atoms with van der Waals surface area (Å²) in [4.78, 5) is 49.2. The number of hydrogen-bond donors (Lipinski definition) is 3. The summed E-state index contributed by atoms with van der Waals surface area (Å²) >= 11 is 1.35. The van der Waals surface area contributed by atoms with E-state index in [1.54, 1.807) is 24.3 Å². The van der Waals surface area contributed by atoms with Crippen LogP contribution in [0.4, 0.5) is 15.7 Å². The average molecular weight is 565 g/mol. The molecular weight excluding hydrogens is 536 g/mol. The summed E-state index contributed by atoms with van der Waals surface area (Å²) in [5.74, 6) is 0.282. The summed E-state index contributed by atoms with van der Waals surface area (Å²) in [6.07, 6.45) is 4.64. The number of carbonyl (C=O) groups is 2. The molecule has 208 valence electrons. The maximum Gasteiger partial charge on any atom is 0.404 e. The number of hydrogen-bond acceptors (Lipinski definition) is 11. The van der Waals surface area contributed by atoms with E-state index in [4.69, 9.17) is 15.5 Å². The molecule has 4 aromatic rings. The molecule has 4 N–H and O–H groups in total. The minimum Gasteiger partial charge on any atom is -0.445 e. The number of anilines is 2. The molecule has 0 aromatic carbocycles. The second-order valence-electron chi connectivity index (χ2n) is 10.3. The van der Waals surface area contributed by atoms with Gasteiger partial charge in [0.15, 0.2) is 11.0 Å². The molecule has 40 heavy (non-hydrogen) atoms.